The quantitative estimate of drug-likeness (QED) is 0.602. The molecule has 2 heterocycles. The predicted molar refractivity (Wildman–Crippen MR) is 131 cm³/mol. The Morgan fingerprint density at radius 2 is 1.91 bits per heavy atom. The van der Waals surface area contributed by atoms with Crippen molar-refractivity contribution in [1.82, 2.24) is 9.36 Å². The number of carbonyl (C=O) groups excluding carboxylic acids is 2. The van der Waals surface area contributed by atoms with Crippen molar-refractivity contribution in [3.8, 4) is 5.75 Å². The van der Waals surface area contributed by atoms with E-state index in [1.807, 2.05) is 22.5 Å². The Balaban J connectivity index is 2.09. The topological polar surface area (TPSA) is 104 Å². The minimum atomic E-state index is -1.11. The van der Waals surface area contributed by atoms with Gasteiger partial charge in [0.1, 0.15) is 12.4 Å². The van der Waals surface area contributed by atoms with E-state index >= 15 is 0 Å². The van der Waals surface area contributed by atoms with Crippen molar-refractivity contribution in [2.45, 2.75) is 71.1 Å². The molecule has 1 aliphatic rings. The van der Waals surface area contributed by atoms with E-state index in [2.05, 4.69) is 25.8 Å². The monoisotopic (exact) mass is 487 g/mol. The number of hydrogen-bond donors (Lipinski definition) is 1. The van der Waals surface area contributed by atoms with Gasteiger partial charge in [-0.25, -0.2) is 4.79 Å². The van der Waals surface area contributed by atoms with Gasteiger partial charge in [-0.1, -0.05) is 20.8 Å². The van der Waals surface area contributed by atoms with Crippen molar-refractivity contribution < 1.29 is 28.9 Å². The highest BCUT2D eigenvalue weighted by molar-refractivity contribution is 6.00. The summed E-state index contributed by atoms with van der Waals surface area (Å²) in [4.78, 5) is 30.0. The molecule has 0 spiro atoms. The largest absolute Gasteiger partial charge is 0.490 e. The third-order valence-corrected chi connectivity index (χ3v) is 5.84. The minimum absolute atomic E-state index is 0.0383. The summed E-state index contributed by atoms with van der Waals surface area (Å²) in [5, 5.41) is 10.1. The summed E-state index contributed by atoms with van der Waals surface area (Å²) in [5.74, 6) is -0.906. The SMILES string of the molecule is COC(=O)c1ccc(OCC(C)(C)O)c(C(=O)/N=c2\cc(C(C)(C)C)n(C)n2C[C@H]2CCCO2)c1. The highest BCUT2D eigenvalue weighted by Crippen LogP contribution is 2.24. The van der Waals surface area contributed by atoms with Gasteiger partial charge < -0.3 is 19.3 Å². The second-order valence-corrected chi connectivity index (χ2v) is 10.6. The van der Waals surface area contributed by atoms with Gasteiger partial charge in [-0.2, -0.15) is 4.99 Å². The van der Waals surface area contributed by atoms with Crippen molar-refractivity contribution in [2.24, 2.45) is 12.0 Å². The maximum Gasteiger partial charge on any atom is 0.337 e. The summed E-state index contributed by atoms with van der Waals surface area (Å²) in [6.07, 6.45) is 2.01. The van der Waals surface area contributed by atoms with E-state index in [1.54, 1.807) is 13.8 Å². The summed E-state index contributed by atoms with van der Waals surface area (Å²) in [7, 11) is 3.23. The Morgan fingerprint density at radius 1 is 1.20 bits per heavy atom. The summed E-state index contributed by atoms with van der Waals surface area (Å²) in [6, 6.07) is 6.36. The van der Waals surface area contributed by atoms with E-state index in [9.17, 15) is 14.7 Å². The molecule has 35 heavy (non-hydrogen) atoms. The molecule has 1 amide bonds. The van der Waals surface area contributed by atoms with E-state index in [-0.39, 0.29) is 35.0 Å². The second-order valence-electron chi connectivity index (χ2n) is 10.6. The Morgan fingerprint density at radius 3 is 2.49 bits per heavy atom. The average molecular weight is 488 g/mol. The number of rotatable bonds is 7. The van der Waals surface area contributed by atoms with E-state index in [0.29, 0.717) is 12.0 Å². The van der Waals surface area contributed by atoms with Crippen LogP contribution in [0.25, 0.3) is 0 Å². The number of hydrogen-bond acceptors (Lipinski definition) is 6. The maximum atomic E-state index is 13.5. The lowest BCUT2D eigenvalue weighted by Crippen LogP contribution is -2.30. The Bertz CT molecular complexity index is 1140. The van der Waals surface area contributed by atoms with Gasteiger partial charge in [0.15, 0.2) is 5.49 Å². The number of benzene rings is 1. The first-order chi connectivity index (χ1) is 16.3. The molecule has 192 valence electrons. The van der Waals surface area contributed by atoms with Gasteiger partial charge in [0.25, 0.3) is 5.91 Å². The van der Waals surface area contributed by atoms with Crippen LogP contribution in [0.15, 0.2) is 29.3 Å². The summed E-state index contributed by atoms with van der Waals surface area (Å²) in [6.45, 7) is 10.8. The van der Waals surface area contributed by atoms with Crippen molar-refractivity contribution in [3.05, 3.63) is 46.6 Å². The zero-order valence-corrected chi connectivity index (χ0v) is 21.8. The van der Waals surface area contributed by atoms with Gasteiger partial charge in [0.2, 0.25) is 0 Å². The van der Waals surface area contributed by atoms with Crippen LogP contribution in [0, 0.1) is 0 Å². The van der Waals surface area contributed by atoms with Crippen LogP contribution in [0.3, 0.4) is 0 Å². The molecule has 1 N–H and O–H groups in total. The molecule has 1 aromatic heterocycles. The zero-order chi connectivity index (χ0) is 26.0. The molecular weight excluding hydrogens is 450 g/mol. The van der Waals surface area contributed by atoms with Crippen LogP contribution in [0.2, 0.25) is 0 Å². The van der Waals surface area contributed by atoms with E-state index < -0.39 is 17.5 Å². The number of amides is 1. The summed E-state index contributed by atoms with van der Waals surface area (Å²) < 4.78 is 20.4. The van der Waals surface area contributed by atoms with Crippen LogP contribution in [-0.2, 0) is 28.5 Å². The fraction of sp³-hybridized carbons (Fsp3) is 0.577. The van der Waals surface area contributed by atoms with Crippen molar-refractivity contribution in [2.75, 3.05) is 20.3 Å². The third kappa shape index (κ3) is 6.61. The van der Waals surface area contributed by atoms with E-state index in [4.69, 9.17) is 14.2 Å². The van der Waals surface area contributed by atoms with Gasteiger partial charge in [-0.05, 0) is 44.9 Å². The number of aliphatic hydroxyl groups is 1. The average Bonchev–Trinajstić information content (AvgIpc) is 3.40. The lowest BCUT2D eigenvalue weighted by molar-refractivity contribution is 0.0280. The van der Waals surface area contributed by atoms with Crippen LogP contribution >= 0.6 is 0 Å². The molecule has 1 aromatic carbocycles. The Kier molecular flexibility index (Phi) is 7.91. The van der Waals surface area contributed by atoms with Crippen LogP contribution in [0.5, 0.6) is 5.75 Å². The number of nitrogens with zero attached hydrogens (tertiary/aromatic N) is 3. The van der Waals surface area contributed by atoms with Gasteiger partial charge in [0.05, 0.1) is 36.5 Å². The first-order valence-electron chi connectivity index (χ1n) is 11.9. The Labute approximate surface area is 206 Å². The smallest absolute Gasteiger partial charge is 0.337 e. The molecule has 1 atom stereocenters. The fourth-order valence-corrected chi connectivity index (χ4v) is 4.05. The molecule has 1 fully saturated rings. The number of aromatic nitrogens is 2. The molecular formula is C26H37N3O6. The van der Waals surface area contributed by atoms with E-state index in [0.717, 1.165) is 25.1 Å². The summed E-state index contributed by atoms with van der Waals surface area (Å²) in [5.41, 5.74) is 0.553. The van der Waals surface area contributed by atoms with Gasteiger partial charge >= 0.3 is 5.97 Å². The first-order valence-corrected chi connectivity index (χ1v) is 11.9. The number of carbonyl (C=O) groups is 2. The molecule has 9 heteroatoms. The number of esters is 1. The molecule has 0 radical (unpaired) electrons. The third-order valence-electron chi connectivity index (χ3n) is 5.84. The lowest BCUT2D eigenvalue weighted by atomic mass is 9.92. The molecule has 0 unspecified atom stereocenters. The van der Waals surface area contributed by atoms with Crippen LogP contribution in [0.1, 0.15) is 73.9 Å². The van der Waals surface area contributed by atoms with Crippen molar-refractivity contribution in [1.29, 1.82) is 0 Å². The molecule has 0 bridgehead atoms. The fourth-order valence-electron chi connectivity index (χ4n) is 4.05. The Hall–Kier alpha value is -2.91. The number of ether oxygens (including phenoxy) is 3. The molecule has 0 aliphatic carbocycles. The molecule has 2 aromatic rings. The molecule has 1 aliphatic heterocycles. The molecule has 0 saturated carbocycles. The first kappa shape index (κ1) is 26.7. The second kappa shape index (κ2) is 10.4. The van der Waals surface area contributed by atoms with Crippen LogP contribution in [-0.4, -0.2) is 58.4 Å². The van der Waals surface area contributed by atoms with Gasteiger partial charge in [0, 0.05) is 30.8 Å². The van der Waals surface area contributed by atoms with Crippen molar-refractivity contribution in [3.63, 3.8) is 0 Å². The minimum Gasteiger partial charge on any atom is -0.490 e. The zero-order valence-electron chi connectivity index (χ0n) is 21.8. The maximum absolute atomic E-state index is 13.5. The molecule has 1 saturated heterocycles. The highest BCUT2D eigenvalue weighted by atomic mass is 16.5. The highest BCUT2D eigenvalue weighted by Gasteiger charge is 2.25. The summed E-state index contributed by atoms with van der Waals surface area (Å²) >= 11 is 0. The van der Waals surface area contributed by atoms with Gasteiger partial charge in [-0.3, -0.25) is 14.2 Å². The van der Waals surface area contributed by atoms with Crippen LogP contribution < -0.4 is 10.2 Å². The van der Waals surface area contributed by atoms with Gasteiger partial charge in [-0.15, -0.1) is 0 Å². The van der Waals surface area contributed by atoms with Crippen LogP contribution in [0.4, 0.5) is 0 Å². The predicted octanol–water partition coefficient (Wildman–Crippen LogP) is 2.98. The molecule has 3 rings (SSSR count). The standard InChI is InChI=1S/C26H37N3O6/c1-25(2,3)21-14-22(29(28(21)6)15-18-9-8-12-34-18)27-23(30)19-13-17(24(31)33-7)10-11-20(19)35-16-26(4,5)32/h10-11,13-14,18,32H,8-9,12,15-16H2,1-7H3/b27-22+/t18-/m1/s1. The number of methoxy groups -OCH3 is 1. The normalized spacial score (nSPS) is 17.0. The van der Waals surface area contributed by atoms with Crippen molar-refractivity contribution >= 4 is 11.9 Å². The molecule has 9 nitrogen and oxygen atoms in total. The van der Waals surface area contributed by atoms with E-state index in [1.165, 1.54) is 25.3 Å². The lowest BCUT2D eigenvalue weighted by Gasteiger charge is -2.21.